The summed E-state index contributed by atoms with van der Waals surface area (Å²) in [6.07, 6.45) is 3.96. The van der Waals surface area contributed by atoms with Gasteiger partial charge in [0.25, 0.3) is 0 Å². The first-order chi connectivity index (χ1) is 41.5. The molecule has 2 aromatic rings. The number of nitrogens with two attached hydrogens (primary N) is 4. The van der Waals surface area contributed by atoms with E-state index in [0.717, 1.165) is 24.8 Å². The minimum Gasteiger partial charge on any atom is -0.370 e. The van der Waals surface area contributed by atoms with Crippen molar-refractivity contribution < 1.29 is 52.7 Å². The van der Waals surface area contributed by atoms with Crippen molar-refractivity contribution in [2.24, 2.45) is 39.8 Å². The van der Waals surface area contributed by atoms with Gasteiger partial charge in [0.2, 0.25) is 65.0 Å². The summed E-state index contributed by atoms with van der Waals surface area (Å²) in [6, 6.07) is 7.80. The fraction of sp³-hybridized carbons (Fsp3) is 0.593. The van der Waals surface area contributed by atoms with Crippen LogP contribution in [-0.2, 0) is 65.6 Å². The lowest BCUT2D eigenvalue weighted by atomic mass is 9.85. The van der Waals surface area contributed by atoms with Gasteiger partial charge in [-0.05, 0) is 61.5 Å². The molecule has 17 N–H and O–H groups in total. The van der Waals surface area contributed by atoms with Crippen LogP contribution in [-0.4, -0.2) is 167 Å². The molecular formula is C59H89N15O11S2. The van der Waals surface area contributed by atoms with E-state index in [1.165, 1.54) is 26.5 Å². The number of hydrogen-bond donors (Lipinski definition) is 13. The first-order valence-electron chi connectivity index (χ1n) is 29.9. The monoisotopic (exact) mass is 1250 g/mol. The summed E-state index contributed by atoms with van der Waals surface area (Å²) < 4.78 is -0.717. The van der Waals surface area contributed by atoms with E-state index in [1.54, 1.807) is 58.0 Å². The third-order valence-corrected chi connectivity index (χ3v) is 18.9. The number of carbonyl (C=O) groups excluding carboxylic acids is 11. The molecule has 28 heteroatoms. The SMILES string of the molecule is CC[C@H](C)[C@@H]1NC(=O)[C@H](Cc2ccccc2)NC(=O)C(Cc2ccccc2)NC(=O)CC2(CCCCC2)SSC[C@@H](C(=O)N2CCC[C@H]2C(=O)N[C@@H](CCCN=C(N)N)C(=O)NCC(=O)N[C@H](C(=O)NCCN)C(C)C)NC(=O)C(CC(N)=O)NC1=O. The van der Waals surface area contributed by atoms with Crippen LogP contribution in [0.3, 0.4) is 0 Å². The summed E-state index contributed by atoms with van der Waals surface area (Å²) >= 11 is 0. The molecule has 5 rings (SSSR count). The Bertz CT molecular complexity index is 2720. The Labute approximate surface area is 516 Å². The minimum atomic E-state index is -1.67. The second kappa shape index (κ2) is 35.4. The van der Waals surface area contributed by atoms with E-state index in [9.17, 15) is 47.9 Å². The summed E-state index contributed by atoms with van der Waals surface area (Å²) in [5, 5.41) is 24.6. The predicted molar refractivity (Wildman–Crippen MR) is 332 cm³/mol. The summed E-state index contributed by atoms with van der Waals surface area (Å²) in [6.45, 7) is 6.89. The number of likely N-dealkylation sites (tertiary alicyclic amines) is 1. The molecule has 26 nitrogen and oxygen atoms in total. The van der Waals surface area contributed by atoms with E-state index in [0.29, 0.717) is 31.2 Å². The maximum atomic E-state index is 15.2. The number of rotatable bonds is 23. The number of benzene rings is 2. The number of carbonyl (C=O) groups is 11. The molecule has 1 saturated carbocycles. The maximum absolute atomic E-state index is 15.2. The van der Waals surface area contributed by atoms with Crippen LogP contribution in [0.2, 0.25) is 0 Å². The fourth-order valence-corrected chi connectivity index (χ4v) is 14.0. The van der Waals surface area contributed by atoms with Gasteiger partial charge in [-0.2, -0.15) is 0 Å². The zero-order chi connectivity index (χ0) is 63.6. The molecule has 3 fully saturated rings. The zero-order valence-electron chi connectivity index (χ0n) is 50.2. The highest BCUT2D eigenvalue weighted by Crippen LogP contribution is 2.48. The molecule has 2 aromatic carbocycles. The van der Waals surface area contributed by atoms with Crippen molar-refractivity contribution >= 4 is 92.5 Å². The zero-order valence-corrected chi connectivity index (χ0v) is 51.8. The maximum Gasteiger partial charge on any atom is 0.246 e. The van der Waals surface area contributed by atoms with E-state index >= 15 is 4.79 Å². The molecule has 2 unspecified atom stereocenters. The number of amides is 11. The molecule has 2 heterocycles. The molecular weight excluding hydrogens is 1160 g/mol. The van der Waals surface area contributed by atoms with Gasteiger partial charge in [-0.25, -0.2) is 0 Å². The Morgan fingerprint density at radius 3 is 1.94 bits per heavy atom. The van der Waals surface area contributed by atoms with Crippen LogP contribution >= 0.6 is 21.6 Å². The highest BCUT2D eigenvalue weighted by atomic mass is 33.1. The van der Waals surface area contributed by atoms with Crippen molar-refractivity contribution in [3.63, 3.8) is 0 Å². The highest BCUT2D eigenvalue weighted by Gasteiger charge is 2.43. The van der Waals surface area contributed by atoms with Crippen molar-refractivity contribution in [1.29, 1.82) is 0 Å². The molecule has 1 spiro atoms. The molecule has 0 aromatic heterocycles. The molecule has 3 aliphatic rings. The number of nitrogens with zero attached hydrogens (tertiary/aromatic N) is 2. The van der Waals surface area contributed by atoms with Crippen LogP contribution in [0, 0.1) is 11.8 Å². The van der Waals surface area contributed by atoms with E-state index < -0.39 is 137 Å². The Morgan fingerprint density at radius 2 is 1.34 bits per heavy atom. The third kappa shape index (κ3) is 22.6. The third-order valence-electron chi connectivity index (χ3n) is 15.6. The van der Waals surface area contributed by atoms with Crippen LogP contribution in [0.1, 0.15) is 116 Å². The van der Waals surface area contributed by atoms with E-state index in [1.807, 2.05) is 30.3 Å². The van der Waals surface area contributed by atoms with E-state index in [2.05, 4.69) is 52.8 Å². The molecule has 11 amide bonds. The topological polar surface area (TPSA) is 416 Å². The van der Waals surface area contributed by atoms with Gasteiger partial charge in [-0.3, -0.25) is 57.7 Å². The van der Waals surface area contributed by atoms with Gasteiger partial charge < -0.3 is 75.7 Å². The number of guanidine groups is 1. The average Bonchev–Trinajstić information content (AvgIpc) is 3.14. The van der Waals surface area contributed by atoms with Gasteiger partial charge in [0.15, 0.2) is 5.96 Å². The normalized spacial score (nSPS) is 22.6. The lowest BCUT2D eigenvalue weighted by Gasteiger charge is -2.37. The lowest BCUT2D eigenvalue weighted by Crippen LogP contribution is -2.62. The van der Waals surface area contributed by atoms with Gasteiger partial charge in [0.1, 0.15) is 48.3 Å². The Hall–Kier alpha value is -7.46. The number of primary amides is 1. The van der Waals surface area contributed by atoms with Gasteiger partial charge in [0.05, 0.1) is 13.0 Å². The highest BCUT2D eigenvalue weighted by molar-refractivity contribution is 8.77. The first-order valence-corrected chi connectivity index (χ1v) is 32.2. The van der Waals surface area contributed by atoms with E-state index in [4.69, 9.17) is 22.9 Å². The second-order valence-electron chi connectivity index (χ2n) is 22.8. The van der Waals surface area contributed by atoms with Crippen molar-refractivity contribution in [3.8, 4) is 0 Å². The molecule has 478 valence electrons. The quantitative estimate of drug-likeness (QED) is 0.0279. The average molecular weight is 1250 g/mol. The van der Waals surface area contributed by atoms with Crippen molar-refractivity contribution in [2.45, 2.75) is 171 Å². The number of hydrogen-bond acceptors (Lipinski definition) is 15. The number of aliphatic imine (C=N–C) groups is 1. The summed E-state index contributed by atoms with van der Waals surface area (Å²) in [7, 11) is 2.59. The fourth-order valence-electron chi connectivity index (χ4n) is 10.6. The largest absolute Gasteiger partial charge is 0.370 e. The first kappa shape index (κ1) is 70.3. The smallest absolute Gasteiger partial charge is 0.246 e. The van der Waals surface area contributed by atoms with Crippen LogP contribution in [0.15, 0.2) is 65.7 Å². The van der Waals surface area contributed by atoms with Gasteiger partial charge in [-0.15, -0.1) is 0 Å². The Balaban J connectivity index is 1.48. The Kier molecular flexibility index (Phi) is 28.6. The summed E-state index contributed by atoms with van der Waals surface area (Å²) in [5.74, 6) is -9.19. The second-order valence-corrected chi connectivity index (χ2v) is 25.6. The minimum absolute atomic E-state index is 0.00636. The molecule has 0 bridgehead atoms. The van der Waals surface area contributed by atoms with Crippen molar-refractivity contribution in [1.82, 2.24) is 52.8 Å². The van der Waals surface area contributed by atoms with E-state index in [-0.39, 0.29) is 82.3 Å². The van der Waals surface area contributed by atoms with Gasteiger partial charge in [0, 0.05) is 55.9 Å². The molecule has 1 aliphatic carbocycles. The van der Waals surface area contributed by atoms with Crippen molar-refractivity contribution in [3.05, 3.63) is 71.8 Å². The predicted octanol–water partition coefficient (Wildman–Crippen LogP) is -0.833. The number of nitrogens with one attached hydrogen (secondary N) is 9. The van der Waals surface area contributed by atoms with Gasteiger partial charge >= 0.3 is 0 Å². The van der Waals surface area contributed by atoms with Crippen LogP contribution in [0.5, 0.6) is 0 Å². The molecule has 0 radical (unpaired) electrons. The lowest BCUT2D eigenvalue weighted by molar-refractivity contribution is -0.142. The standard InChI is InChI=1S/C59H89N15O11S2/c1-5-36(4)49-56(84)70-42(31-45(61)75)52(80)71-43(57(85)74-28-16-22-44(74)54(82)68-39(21-15-26-65-58(62)63)50(78)66-33-47(77)72-48(35(2)3)55(83)64-27-25-60)34-86-87-59(23-13-8-14-24-59)32-46(76)67-40(29-37-17-9-6-10-18-37)51(79)69-41(53(81)73-49)30-38-19-11-7-12-20-38/h6-7,9-12,17-20,35-36,39-44,48-49H,5,8,13-16,21-34,60H2,1-4H3,(H2,61,75)(H,64,83)(H,66,78)(H,67,76)(H,68,82)(H,69,79)(H,70,84)(H,71,80)(H,72,77)(H,73,81)(H4,62,63,65)/t36-,39-,40?,41-,42?,43-,44-,48-,49-/m0/s1. The molecule has 9 atom stereocenters. The molecule has 2 saturated heterocycles. The van der Waals surface area contributed by atoms with Crippen molar-refractivity contribution in [2.75, 3.05) is 38.5 Å². The van der Waals surface area contributed by atoms with Crippen LogP contribution in [0.4, 0.5) is 0 Å². The summed E-state index contributed by atoms with van der Waals surface area (Å²) in [5.41, 5.74) is 23.8. The molecule has 87 heavy (non-hydrogen) atoms. The van der Waals surface area contributed by atoms with Crippen LogP contribution < -0.4 is 70.8 Å². The van der Waals surface area contributed by atoms with Gasteiger partial charge in [-0.1, -0.05) is 136 Å². The van der Waals surface area contributed by atoms with Crippen LogP contribution in [0.25, 0.3) is 0 Å². The molecule has 2 aliphatic heterocycles. The summed E-state index contributed by atoms with van der Waals surface area (Å²) in [4.78, 5) is 160. The Morgan fingerprint density at radius 1 is 0.736 bits per heavy atom.